The second kappa shape index (κ2) is 7.13. The molecule has 0 spiro atoms. The molecular formula is C18H22N4O. The van der Waals surface area contributed by atoms with Crippen molar-refractivity contribution in [2.45, 2.75) is 13.5 Å². The summed E-state index contributed by atoms with van der Waals surface area (Å²) in [5.74, 6) is 0. The Balaban J connectivity index is 1.48. The van der Waals surface area contributed by atoms with E-state index in [1.165, 1.54) is 11.3 Å². The first-order valence-corrected chi connectivity index (χ1v) is 7.97. The van der Waals surface area contributed by atoms with E-state index in [1.54, 1.807) is 6.20 Å². The van der Waals surface area contributed by atoms with Crippen LogP contribution in [0, 0.1) is 6.92 Å². The van der Waals surface area contributed by atoms with Gasteiger partial charge in [-0.15, -0.1) is 0 Å². The molecule has 1 aromatic heterocycles. The molecule has 0 bridgehead atoms. The van der Waals surface area contributed by atoms with Gasteiger partial charge in [0.15, 0.2) is 0 Å². The van der Waals surface area contributed by atoms with Gasteiger partial charge in [-0.25, -0.2) is 4.79 Å². The fraction of sp³-hybridized carbons (Fsp3) is 0.333. The summed E-state index contributed by atoms with van der Waals surface area (Å²) in [7, 11) is 0. The molecule has 0 aliphatic carbocycles. The Morgan fingerprint density at radius 2 is 1.83 bits per heavy atom. The van der Waals surface area contributed by atoms with Crippen LogP contribution in [0.25, 0.3) is 0 Å². The largest absolute Gasteiger partial charge is 0.368 e. The van der Waals surface area contributed by atoms with Crippen molar-refractivity contribution in [1.82, 2.24) is 15.2 Å². The predicted molar refractivity (Wildman–Crippen MR) is 91.4 cm³/mol. The number of urea groups is 1. The summed E-state index contributed by atoms with van der Waals surface area (Å²) in [6, 6.07) is 14.2. The fourth-order valence-electron chi connectivity index (χ4n) is 2.70. The lowest BCUT2D eigenvalue weighted by Crippen LogP contribution is -2.51. The van der Waals surface area contributed by atoms with Crippen LogP contribution in [-0.2, 0) is 6.54 Å². The number of nitrogens with zero attached hydrogens (tertiary/aromatic N) is 3. The van der Waals surface area contributed by atoms with Crippen LogP contribution in [0.15, 0.2) is 48.7 Å². The Kier molecular flexibility index (Phi) is 4.76. The van der Waals surface area contributed by atoms with Gasteiger partial charge in [0, 0.05) is 38.1 Å². The zero-order valence-corrected chi connectivity index (χ0v) is 13.4. The van der Waals surface area contributed by atoms with Gasteiger partial charge in [0.25, 0.3) is 0 Å². The van der Waals surface area contributed by atoms with Gasteiger partial charge >= 0.3 is 6.03 Å². The number of piperazine rings is 1. The zero-order chi connectivity index (χ0) is 16.1. The summed E-state index contributed by atoms with van der Waals surface area (Å²) < 4.78 is 0. The molecule has 2 aromatic rings. The van der Waals surface area contributed by atoms with Gasteiger partial charge in [0.05, 0.1) is 12.2 Å². The predicted octanol–water partition coefficient (Wildman–Crippen LogP) is 2.42. The number of aromatic nitrogens is 1. The summed E-state index contributed by atoms with van der Waals surface area (Å²) in [5, 5.41) is 2.94. The van der Waals surface area contributed by atoms with E-state index < -0.39 is 0 Å². The molecule has 0 radical (unpaired) electrons. The normalized spacial score (nSPS) is 14.7. The molecule has 5 heteroatoms. The molecule has 1 N–H and O–H groups in total. The molecule has 1 saturated heterocycles. The van der Waals surface area contributed by atoms with Gasteiger partial charge in [-0.1, -0.05) is 23.8 Å². The molecule has 2 amide bonds. The third-order valence-electron chi connectivity index (χ3n) is 4.11. The highest BCUT2D eigenvalue weighted by Crippen LogP contribution is 2.17. The highest BCUT2D eigenvalue weighted by atomic mass is 16.2. The van der Waals surface area contributed by atoms with Crippen LogP contribution < -0.4 is 10.2 Å². The summed E-state index contributed by atoms with van der Waals surface area (Å²) in [4.78, 5) is 20.6. The SMILES string of the molecule is Cc1ccc(N2CCN(C(=O)NCc3ccccn3)CC2)cc1. The van der Waals surface area contributed by atoms with E-state index >= 15 is 0 Å². The van der Waals surface area contributed by atoms with Crippen molar-refractivity contribution in [3.05, 3.63) is 59.9 Å². The first-order valence-electron chi connectivity index (χ1n) is 7.97. The van der Waals surface area contributed by atoms with Crippen molar-refractivity contribution >= 4 is 11.7 Å². The van der Waals surface area contributed by atoms with Gasteiger partial charge < -0.3 is 15.1 Å². The van der Waals surface area contributed by atoms with Crippen molar-refractivity contribution in [3.63, 3.8) is 0 Å². The Hall–Kier alpha value is -2.56. The summed E-state index contributed by atoms with van der Waals surface area (Å²) in [6.07, 6.45) is 1.74. The summed E-state index contributed by atoms with van der Waals surface area (Å²) in [5.41, 5.74) is 3.37. The van der Waals surface area contributed by atoms with E-state index in [9.17, 15) is 4.79 Å². The van der Waals surface area contributed by atoms with Crippen LogP contribution in [0.5, 0.6) is 0 Å². The third kappa shape index (κ3) is 4.00. The molecule has 0 saturated carbocycles. The van der Waals surface area contributed by atoms with Crippen LogP contribution in [0.1, 0.15) is 11.3 Å². The number of pyridine rings is 1. The van der Waals surface area contributed by atoms with Gasteiger partial charge in [0.2, 0.25) is 0 Å². The lowest BCUT2D eigenvalue weighted by Gasteiger charge is -2.36. The van der Waals surface area contributed by atoms with Gasteiger partial charge in [-0.2, -0.15) is 0 Å². The minimum absolute atomic E-state index is 0.0146. The average Bonchev–Trinajstić information content (AvgIpc) is 2.61. The molecule has 3 rings (SSSR count). The maximum absolute atomic E-state index is 12.2. The topological polar surface area (TPSA) is 48.5 Å². The van der Waals surface area contributed by atoms with E-state index in [0.29, 0.717) is 6.54 Å². The number of carbonyl (C=O) groups excluding carboxylic acids is 1. The number of nitrogens with one attached hydrogen (secondary N) is 1. The lowest BCUT2D eigenvalue weighted by molar-refractivity contribution is 0.194. The third-order valence-corrected chi connectivity index (χ3v) is 4.11. The standard InChI is InChI=1S/C18H22N4O/c1-15-5-7-17(8-6-15)21-10-12-22(13-11-21)18(23)20-14-16-4-2-3-9-19-16/h2-9H,10-14H2,1H3,(H,20,23). The molecule has 1 fully saturated rings. The summed E-state index contributed by atoms with van der Waals surface area (Å²) in [6.45, 7) is 5.76. The Labute approximate surface area is 136 Å². The minimum Gasteiger partial charge on any atom is -0.368 e. The summed E-state index contributed by atoms with van der Waals surface area (Å²) >= 11 is 0. The molecule has 0 atom stereocenters. The Morgan fingerprint density at radius 1 is 1.09 bits per heavy atom. The van der Waals surface area contributed by atoms with Crippen molar-refractivity contribution in [3.8, 4) is 0 Å². The minimum atomic E-state index is -0.0146. The van der Waals surface area contributed by atoms with Gasteiger partial charge in [-0.05, 0) is 31.2 Å². The maximum atomic E-state index is 12.2. The molecule has 1 aliphatic heterocycles. The molecule has 0 unspecified atom stereocenters. The number of benzene rings is 1. The lowest BCUT2D eigenvalue weighted by atomic mass is 10.2. The van der Waals surface area contributed by atoms with E-state index in [-0.39, 0.29) is 6.03 Å². The van der Waals surface area contributed by atoms with Crippen molar-refractivity contribution in [2.75, 3.05) is 31.1 Å². The van der Waals surface area contributed by atoms with Crippen LogP contribution in [0.4, 0.5) is 10.5 Å². The zero-order valence-electron chi connectivity index (χ0n) is 13.4. The Bertz CT molecular complexity index is 634. The molecule has 23 heavy (non-hydrogen) atoms. The molecular weight excluding hydrogens is 288 g/mol. The van der Waals surface area contributed by atoms with E-state index in [1.807, 2.05) is 23.1 Å². The number of rotatable bonds is 3. The van der Waals surface area contributed by atoms with E-state index in [2.05, 4.69) is 46.4 Å². The molecule has 120 valence electrons. The maximum Gasteiger partial charge on any atom is 0.317 e. The van der Waals surface area contributed by atoms with Crippen LogP contribution in [0.2, 0.25) is 0 Å². The van der Waals surface area contributed by atoms with Crippen molar-refractivity contribution in [1.29, 1.82) is 0 Å². The molecule has 5 nitrogen and oxygen atoms in total. The van der Waals surface area contributed by atoms with Crippen molar-refractivity contribution in [2.24, 2.45) is 0 Å². The van der Waals surface area contributed by atoms with E-state index in [4.69, 9.17) is 0 Å². The number of hydrogen-bond donors (Lipinski definition) is 1. The van der Waals surface area contributed by atoms with Crippen LogP contribution in [-0.4, -0.2) is 42.1 Å². The number of hydrogen-bond acceptors (Lipinski definition) is 3. The van der Waals surface area contributed by atoms with Crippen molar-refractivity contribution < 1.29 is 4.79 Å². The van der Waals surface area contributed by atoms with Gasteiger partial charge in [0.1, 0.15) is 0 Å². The van der Waals surface area contributed by atoms with Crippen LogP contribution >= 0.6 is 0 Å². The highest BCUT2D eigenvalue weighted by Gasteiger charge is 2.21. The molecule has 2 heterocycles. The number of carbonyl (C=O) groups is 1. The monoisotopic (exact) mass is 310 g/mol. The molecule has 1 aliphatic rings. The first kappa shape index (κ1) is 15.3. The smallest absolute Gasteiger partial charge is 0.317 e. The van der Waals surface area contributed by atoms with E-state index in [0.717, 1.165) is 31.9 Å². The first-order chi connectivity index (χ1) is 11.2. The average molecular weight is 310 g/mol. The Morgan fingerprint density at radius 3 is 2.48 bits per heavy atom. The number of aryl methyl sites for hydroxylation is 1. The van der Waals surface area contributed by atoms with Gasteiger partial charge in [-0.3, -0.25) is 4.98 Å². The second-order valence-corrected chi connectivity index (χ2v) is 5.79. The number of anilines is 1. The molecule has 1 aromatic carbocycles. The second-order valence-electron chi connectivity index (χ2n) is 5.79. The number of amides is 2. The highest BCUT2D eigenvalue weighted by molar-refractivity contribution is 5.74. The quantitative estimate of drug-likeness (QED) is 0.947. The fourth-order valence-corrected chi connectivity index (χ4v) is 2.70. The van der Waals surface area contributed by atoms with Crippen LogP contribution in [0.3, 0.4) is 0 Å².